The summed E-state index contributed by atoms with van der Waals surface area (Å²) in [4.78, 5) is 4.41. The highest BCUT2D eigenvalue weighted by Crippen LogP contribution is 2.27. The first-order valence-corrected chi connectivity index (χ1v) is 5.89. The van der Waals surface area contributed by atoms with Gasteiger partial charge in [-0.1, -0.05) is 12.1 Å². The number of alkyl halides is 1. The molecule has 0 aliphatic heterocycles. The fourth-order valence-electron chi connectivity index (χ4n) is 1.26. The number of benzene rings is 1. The zero-order chi connectivity index (χ0) is 10.7. The van der Waals surface area contributed by atoms with Crippen molar-refractivity contribution < 1.29 is 17.1 Å². The summed E-state index contributed by atoms with van der Waals surface area (Å²) in [5, 5.41) is 2.95. The Morgan fingerprint density at radius 3 is 2.88 bits per heavy atom. The normalized spacial score (nSPS) is 9.62. The van der Waals surface area contributed by atoms with Crippen LogP contribution in [0.4, 0.5) is 0 Å². The Morgan fingerprint density at radius 1 is 1.44 bits per heavy atom. The van der Waals surface area contributed by atoms with Crippen molar-refractivity contribution in [2.24, 2.45) is 0 Å². The molecule has 0 N–H and O–H groups in total. The van der Waals surface area contributed by atoms with Crippen molar-refractivity contribution in [3.05, 3.63) is 35.3 Å². The number of rotatable bonds is 3. The van der Waals surface area contributed by atoms with Crippen molar-refractivity contribution in [2.45, 2.75) is 5.88 Å². The molecule has 0 radical (unpaired) electrons. The predicted molar refractivity (Wildman–Crippen MR) is 63.7 cm³/mol. The fourth-order valence-corrected chi connectivity index (χ4v) is 2.30. The second-order valence-corrected chi connectivity index (χ2v) is 4.13. The van der Waals surface area contributed by atoms with E-state index in [1.54, 1.807) is 18.4 Å². The van der Waals surface area contributed by atoms with Crippen LogP contribution in [0.1, 0.15) is 5.69 Å². The number of halogens is 2. The second kappa shape index (κ2) is 6.09. The zero-order valence-electron chi connectivity index (χ0n) is 8.61. The van der Waals surface area contributed by atoms with E-state index in [4.69, 9.17) is 16.3 Å². The van der Waals surface area contributed by atoms with E-state index < -0.39 is 0 Å². The Morgan fingerprint density at radius 2 is 2.25 bits per heavy atom. The van der Waals surface area contributed by atoms with Gasteiger partial charge in [0.15, 0.2) is 0 Å². The molecule has 0 atom stereocenters. The molecule has 2 aromatic rings. The van der Waals surface area contributed by atoms with Crippen LogP contribution in [-0.2, 0) is 5.88 Å². The maximum atomic E-state index is 5.71. The number of ether oxygens (including phenoxy) is 1. The van der Waals surface area contributed by atoms with Crippen molar-refractivity contribution >= 4 is 22.9 Å². The largest absolute Gasteiger partial charge is 1.00 e. The van der Waals surface area contributed by atoms with Gasteiger partial charge in [0.1, 0.15) is 10.8 Å². The Balaban J connectivity index is 0.00000128. The van der Waals surface area contributed by atoms with Gasteiger partial charge in [0.2, 0.25) is 0 Å². The first-order valence-electron chi connectivity index (χ1n) is 4.48. The highest BCUT2D eigenvalue weighted by atomic mass is 35.5. The van der Waals surface area contributed by atoms with Crippen LogP contribution in [0, 0.1) is 0 Å². The summed E-state index contributed by atoms with van der Waals surface area (Å²) in [6, 6.07) is 7.85. The van der Waals surface area contributed by atoms with Crippen LogP contribution in [0.15, 0.2) is 29.6 Å². The van der Waals surface area contributed by atoms with Gasteiger partial charge in [0, 0.05) is 10.9 Å². The van der Waals surface area contributed by atoms with E-state index in [0.717, 1.165) is 22.0 Å². The lowest BCUT2D eigenvalue weighted by molar-refractivity contribution is -0.00000329. The third-order valence-corrected chi connectivity index (χ3v) is 3.22. The number of hydrogen-bond donors (Lipinski definition) is 0. The number of aromatic nitrogens is 1. The molecule has 0 saturated heterocycles. The summed E-state index contributed by atoms with van der Waals surface area (Å²) < 4.78 is 5.16. The molecule has 1 heterocycles. The average molecular weight is 275 g/mol. The summed E-state index contributed by atoms with van der Waals surface area (Å²) in [5.74, 6) is 1.30. The Bertz CT molecular complexity index is 459. The number of methoxy groups -OCH3 is 1. The van der Waals surface area contributed by atoms with Gasteiger partial charge in [0.25, 0.3) is 0 Å². The summed E-state index contributed by atoms with van der Waals surface area (Å²) >= 11 is 7.30. The van der Waals surface area contributed by atoms with Crippen molar-refractivity contribution in [3.8, 4) is 16.3 Å². The lowest BCUT2D eigenvalue weighted by Gasteiger charge is -2.00. The van der Waals surface area contributed by atoms with Crippen LogP contribution in [0.2, 0.25) is 0 Å². The molecule has 0 aliphatic rings. The second-order valence-electron chi connectivity index (χ2n) is 3.01. The third kappa shape index (κ3) is 2.88. The SMILES string of the molecule is COc1cccc(-c2nc(CCl)cs2)c1.[Cl-]. The molecule has 0 spiro atoms. The van der Waals surface area contributed by atoms with Crippen molar-refractivity contribution in [1.82, 2.24) is 4.98 Å². The maximum Gasteiger partial charge on any atom is 0.123 e. The van der Waals surface area contributed by atoms with Crippen molar-refractivity contribution in [1.29, 1.82) is 0 Å². The quantitative estimate of drug-likeness (QED) is 0.764. The van der Waals surface area contributed by atoms with E-state index in [9.17, 15) is 0 Å². The van der Waals surface area contributed by atoms with E-state index >= 15 is 0 Å². The van der Waals surface area contributed by atoms with E-state index in [1.165, 1.54) is 0 Å². The monoisotopic (exact) mass is 274 g/mol. The minimum atomic E-state index is 0. The molecule has 16 heavy (non-hydrogen) atoms. The first kappa shape index (κ1) is 13.3. The molecule has 0 bridgehead atoms. The molecule has 2 nitrogen and oxygen atoms in total. The van der Waals surface area contributed by atoms with E-state index in [-0.39, 0.29) is 12.4 Å². The molecule has 0 unspecified atom stereocenters. The van der Waals surface area contributed by atoms with E-state index in [0.29, 0.717) is 5.88 Å². The number of hydrogen-bond acceptors (Lipinski definition) is 3. The molecule has 0 amide bonds. The van der Waals surface area contributed by atoms with Crippen LogP contribution in [0.25, 0.3) is 10.6 Å². The predicted octanol–water partition coefficient (Wildman–Crippen LogP) is 0.562. The Kier molecular flexibility index (Phi) is 5.06. The van der Waals surface area contributed by atoms with Crippen LogP contribution < -0.4 is 17.1 Å². The molecule has 86 valence electrons. The van der Waals surface area contributed by atoms with Gasteiger partial charge in [-0.2, -0.15) is 0 Å². The van der Waals surface area contributed by atoms with Crippen LogP contribution >= 0.6 is 22.9 Å². The van der Waals surface area contributed by atoms with Crippen LogP contribution in [0.3, 0.4) is 0 Å². The molecule has 0 aliphatic carbocycles. The van der Waals surface area contributed by atoms with Gasteiger partial charge in [-0.15, -0.1) is 22.9 Å². The molecular weight excluding hydrogens is 265 g/mol. The molecule has 1 aromatic heterocycles. The lowest BCUT2D eigenvalue weighted by atomic mass is 10.2. The van der Waals surface area contributed by atoms with Gasteiger partial charge < -0.3 is 17.1 Å². The Hall–Kier alpha value is -0.770. The van der Waals surface area contributed by atoms with E-state index in [1.807, 2.05) is 29.6 Å². The van der Waals surface area contributed by atoms with Gasteiger partial charge in [-0.25, -0.2) is 4.98 Å². The molecule has 0 saturated carbocycles. The Labute approximate surface area is 110 Å². The summed E-state index contributed by atoms with van der Waals surface area (Å²) in [6.07, 6.45) is 0. The lowest BCUT2D eigenvalue weighted by Crippen LogP contribution is -3.00. The fraction of sp³-hybridized carbons (Fsp3) is 0.182. The number of thiazole rings is 1. The van der Waals surface area contributed by atoms with E-state index in [2.05, 4.69) is 4.98 Å². The molecule has 0 fully saturated rings. The molecular formula is C11H10Cl2NOS-. The first-order chi connectivity index (χ1) is 7.33. The molecule has 2 rings (SSSR count). The van der Waals surface area contributed by atoms with Gasteiger partial charge in [-0.3, -0.25) is 0 Å². The summed E-state index contributed by atoms with van der Waals surface area (Å²) in [7, 11) is 1.66. The van der Waals surface area contributed by atoms with Crippen molar-refractivity contribution in [2.75, 3.05) is 7.11 Å². The average Bonchev–Trinajstić information content (AvgIpc) is 2.78. The minimum absolute atomic E-state index is 0. The minimum Gasteiger partial charge on any atom is -1.00 e. The summed E-state index contributed by atoms with van der Waals surface area (Å²) in [5.41, 5.74) is 1.98. The smallest absolute Gasteiger partial charge is 0.123 e. The topological polar surface area (TPSA) is 22.1 Å². The third-order valence-electron chi connectivity index (χ3n) is 2.01. The standard InChI is InChI=1S/C11H10ClNOS.ClH/c1-14-10-4-2-3-8(5-10)11-13-9(6-12)7-15-11;/h2-5,7H,6H2,1H3;1H/p-1. The maximum absolute atomic E-state index is 5.71. The number of nitrogens with zero attached hydrogens (tertiary/aromatic N) is 1. The highest BCUT2D eigenvalue weighted by molar-refractivity contribution is 7.13. The zero-order valence-corrected chi connectivity index (χ0v) is 10.9. The van der Waals surface area contributed by atoms with Gasteiger partial charge in [0.05, 0.1) is 18.7 Å². The van der Waals surface area contributed by atoms with Crippen molar-refractivity contribution in [3.63, 3.8) is 0 Å². The van der Waals surface area contributed by atoms with Crippen LogP contribution in [-0.4, -0.2) is 12.1 Å². The highest BCUT2D eigenvalue weighted by Gasteiger charge is 2.04. The van der Waals surface area contributed by atoms with Crippen LogP contribution in [0.5, 0.6) is 5.75 Å². The summed E-state index contributed by atoms with van der Waals surface area (Å²) in [6.45, 7) is 0. The molecule has 5 heteroatoms. The molecule has 1 aromatic carbocycles. The van der Waals surface area contributed by atoms with Gasteiger partial charge in [-0.05, 0) is 12.1 Å². The van der Waals surface area contributed by atoms with Gasteiger partial charge >= 0.3 is 0 Å².